The smallest absolute Gasteiger partial charge is 0.287 e. The molecule has 0 radical (unpaired) electrons. The first-order valence-corrected chi connectivity index (χ1v) is 4.52. The Morgan fingerprint density at radius 2 is 2.19 bits per heavy atom. The Balaban J connectivity index is 2.70. The molecule has 0 saturated carbocycles. The monoisotopic (exact) mass is 233 g/mol. The Kier molecular flexibility index (Phi) is 3.91. The molecule has 1 aromatic heterocycles. The highest BCUT2D eigenvalue weighted by Crippen LogP contribution is 2.14. The largest absolute Gasteiger partial charge is 0.390 e. The highest BCUT2D eigenvalue weighted by Gasteiger charge is 2.27. The average molecular weight is 233 g/mol. The summed E-state index contributed by atoms with van der Waals surface area (Å²) in [5, 5.41) is 10.8. The SMILES string of the molecule is Cc1cc(NCC(F)(F)CO)nc(NN)n1. The van der Waals surface area contributed by atoms with Gasteiger partial charge in [-0.2, -0.15) is 4.98 Å². The molecule has 0 saturated heterocycles. The molecule has 0 atom stereocenters. The van der Waals surface area contributed by atoms with Crippen molar-refractivity contribution in [1.82, 2.24) is 9.97 Å². The van der Waals surface area contributed by atoms with Crippen molar-refractivity contribution in [3.8, 4) is 0 Å². The molecular formula is C8H13F2N5O. The lowest BCUT2D eigenvalue weighted by atomic mass is 10.3. The maximum atomic E-state index is 12.7. The molecule has 0 aliphatic heterocycles. The minimum atomic E-state index is -3.19. The molecule has 8 heteroatoms. The molecule has 0 spiro atoms. The molecular weight excluding hydrogens is 220 g/mol. The maximum absolute atomic E-state index is 12.7. The minimum absolute atomic E-state index is 0.134. The number of nitrogens with two attached hydrogens (primary N) is 1. The number of nitrogens with zero attached hydrogens (tertiary/aromatic N) is 2. The third-order valence-corrected chi connectivity index (χ3v) is 1.74. The number of nitrogen functional groups attached to an aromatic ring is 1. The van der Waals surface area contributed by atoms with Crippen LogP contribution in [0.4, 0.5) is 20.5 Å². The van der Waals surface area contributed by atoms with Crippen molar-refractivity contribution >= 4 is 11.8 Å². The van der Waals surface area contributed by atoms with Crippen LogP contribution >= 0.6 is 0 Å². The van der Waals surface area contributed by atoms with Gasteiger partial charge in [0.1, 0.15) is 12.4 Å². The van der Waals surface area contributed by atoms with Gasteiger partial charge in [0.25, 0.3) is 5.92 Å². The predicted molar refractivity (Wildman–Crippen MR) is 55.1 cm³/mol. The van der Waals surface area contributed by atoms with E-state index in [0.717, 1.165) is 0 Å². The average Bonchev–Trinajstić information content (AvgIpc) is 2.26. The Morgan fingerprint density at radius 1 is 1.50 bits per heavy atom. The highest BCUT2D eigenvalue weighted by molar-refractivity contribution is 5.41. The summed E-state index contributed by atoms with van der Waals surface area (Å²) in [7, 11) is 0. The van der Waals surface area contributed by atoms with E-state index in [4.69, 9.17) is 10.9 Å². The number of rotatable bonds is 5. The number of nitrogens with one attached hydrogen (secondary N) is 2. The van der Waals surface area contributed by atoms with E-state index in [1.54, 1.807) is 6.92 Å². The fraction of sp³-hybridized carbons (Fsp3) is 0.500. The number of aliphatic hydroxyl groups is 1. The molecule has 0 unspecified atom stereocenters. The molecule has 0 aliphatic carbocycles. The predicted octanol–water partition coefficient (Wildman–Crippen LogP) is 0.110. The van der Waals surface area contributed by atoms with Gasteiger partial charge >= 0.3 is 0 Å². The van der Waals surface area contributed by atoms with Gasteiger partial charge in [0.15, 0.2) is 0 Å². The molecule has 0 aliphatic rings. The number of anilines is 2. The van der Waals surface area contributed by atoms with Gasteiger partial charge in [-0.25, -0.2) is 19.6 Å². The van der Waals surface area contributed by atoms with Crippen molar-refractivity contribution in [2.75, 3.05) is 23.9 Å². The van der Waals surface area contributed by atoms with E-state index in [9.17, 15) is 8.78 Å². The van der Waals surface area contributed by atoms with Crippen LogP contribution in [0.2, 0.25) is 0 Å². The Hall–Kier alpha value is -1.54. The van der Waals surface area contributed by atoms with Gasteiger partial charge in [0, 0.05) is 11.8 Å². The lowest BCUT2D eigenvalue weighted by molar-refractivity contribution is -0.0373. The third kappa shape index (κ3) is 3.55. The summed E-state index contributed by atoms with van der Waals surface area (Å²) in [6, 6.07) is 1.49. The molecule has 1 rings (SSSR count). The number of alkyl halides is 2. The van der Waals surface area contributed by atoms with Gasteiger partial charge < -0.3 is 10.4 Å². The lowest BCUT2D eigenvalue weighted by Gasteiger charge is -2.14. The molecule has 0 bridgehead atoms. The number of aryl methyl sites for hydroxylation is 1. The zero-order chi connectivity index (χ0) is 12.2. The second-order valence-electron chi connectivity index (χ2n) is 3.23. The third-order valence-electron chi connectivity index (χ3n) is 1.74. The van der Waals surface area contributed by atoms with Crippen LogP contribution in [-0.2, 0) is 0 Å². The summed E-state index contributed by atoms with van der Waals surface area (Å²) in [5.41, 5.74) is 2.80. The van der Waals surface area contributed by atoms with E-state index in [2.05, 4.69) is 20.7 Å². The number of aliphatic hydroxyl groups excluding tert-OH is 1. The molecule has 90 valence electrons. The molecule has 1 aromatic rings. The molecule has 16 heavy (non-hydrogen) atoms. The van der Waals surface area contributed by atoms with Gasteiger partial charge in [0.05, 0.1) is 6.54 Å². The molecule has 6 nitrogen and oxygen atoms in total. The number of halogens is 2. The maximum Gasteiger partial charge on any atom is 0.287 e. The summed E-state index contributed by atoms with van der Waals surface area (Å²) in [5.74, 6) is 2.27. The van der Waals surface area contributed by atoms with Gasteiger partial charge in [-0.15, -0.1) is 0 Å². The van der Waals surface area contributed by atoms with Crippen LogP contribution in [0.25, 0.3) is 0 Å². The highest BCUT2D eigenvalue weighted by atomic mass is 19.3. The van der Waals surface area contributed by atoms with Gasteiger partial charge in [0.2, 0.25) is 5.95 Å². The standard InChI is InChI=1S/C8H13F2N5O/c1-5-2-6(14-7(13-5)15-11)12-3-8(9,10)4-16/h2,16H,3-4,11H2,1H3,(H2,12,13,14,15). The van der Waals surface area contributed by atoms with Crippen LogP contribution in [0.1, 0.15) is 5.69 Å². The molecule has 1 heterocycles. The first-order valence-electron chi connectivity index (χ1n) is 4.52. The van der Waals surface area contributed by atoms with Crippen LogP contribution in [0.15, 0.2) is 6.07 Å². The fourth-order valence-electron chi connectivity index (χ4n) is 0.999. The lowest BCUT2D eigenvalue weighted by Crippen LogP contribution is -2.31. The van der Waals surface area contributed by atoms with Crippen LogP contribution in [0.3, 0.4) is 0 Å². The molecule has 0 aromatic carbocycles. The number of hydrazine groups is 1. The van der Waals surface area contributed by atoms with Crippen molar-refractivity contribution in [2.24, 2.45) is 5.84 Å². The van der Waals surface area contributed by atoms with E-state index in [1.807, 2.05) is 0 Å². The zero-order valence-electron chi connectivity index (χ0n) is 8.67. The van der Waals surface area contributed by atoms with Crippen molar-refractivity contribution < 1.29 is 13.9 Å². The van der Waals surface area contributed by atoms with Gasteiger partial charge in [-0.1, -0.05) is 0 Å². The minimum Gasteiger partial charge on any atom is -0.390 e. The molecule has 0 amide bonds. The first kappa shape index (κ1) is 12.5. The van der Waals surface area contributed by atoms with E-state index in [-0.39, 0.29) is 11.8 Å². The van der Waals surface area contributed by atoms with Crippen molar-refractivity contribution in [3.63, 3.8) is 0 Å². The Morgan fingerprint density at radius 3 is 2.75 bits per heavy atom. The molecule has 5 N–H and O–H groups in total. The summed E-state index contributed by atoms with van der Waals surface area (Å²) in [4.78, 5) is 7.71. The van der Waals surface area contributed by atoms with E-state index in [0.29, 0.717) is 5.69 Å². The number of hydrogen-bond donors (Lipinski definition) is 4. The van der Waals surface area contributed by atoms with Gasteiger partial charge in [-0.05, 0) is 6.92 Å². The fourth-order valence-corrected chi connectivity index (χ4v) is 0.999. The van der Waals surface area contributed by atoms with Crippen LogP contribution in [0.5, 0.6) is 0 Å². The van der Waals surface area contributed by atoms with E-state index in [1.165, 1.54) is 6.07 Å². The second kappa shape index (κ2) is 4.99. The summed E-state index contributed by atoms with van der Waals surface area (Å²) in [6.07, 6.45) is 0. The summed E-state index contributed by atoms with van der Waals surface area (Å²) < 4.78 is 25.5. The Bertz CT molecular complexity index is 360. The van der Waals surface area contributed by atoms with Crippen molar-refractivity contribution in [1.29, 1.82) is 0 Å². The summed E-state index contributed by atoms with van der Waals surface area (Å²) >= 11 is 0. The van der Waals surface area contributed by atoms with E-state index >= 15 is 0 Å². The molecule has 0 fully saturated rings. The first-order chi connectivity index (χ1) is 7.46. The second-order valence-corrected chi connectivity index (χ2v) is 3.23. The topological polar surface area (TPSA) is 96.1 Å². The quantitative estimate of drug-likeness (QED) is 0.426. The van der Waals surface area contributed by atoms with Gasteiger partial charge in [-0.3, -0.25) is 5.43 Å². The summed E-state index contributed by atoms with van der Waals surface area (Å²) in [6.45, 7) is -0.242. The Labute approximate surface area is 90.9 Å². The zero-order valence-corrected chi connectivity index (χ0v) is 8.67. The van der Waals surface area contributed by atoms with Crippen molar-refractivity contribution in [3.05, 3.63) is 11.8 Å². The number of hydrogen-bond acceptors (Lipinski definition) is 6. The number of aromatic nitrogens is 2. The van der Waals surface area contributed by atoms with Crippen LogP contribution < -0.4 is 16.6 Å². The van der Waals surface area contributed by atoms with Crippen molar-refractivity contribution in [2.45, 2.75) is 12.8 Å². The van der Waals surface area contributed by atoms with Crippen LogP contribution in [-0.4, -0.2) is 34.1 Å². The van der Waals surface area contributed by atoms with E-state index < -0.39 is 19.1 Å². The van der Waals surface area contributed by atoms with Crippen LogP contribution in [0, 0.1) is 6.92 Å². The normalized spacial score (nSPS) is 11.3.